The molecule has 25 heavy (non-hydrogen) atoms. The van der Waals surface area contributed by atoms with Gasteiger partial charge in [0, 0.05) is 30.7 Å². The minimum absolute atomic E-state index is 0.119. The molecule has 0 bridgehead atoms. The quantitative estimate of drug-likeness (QED) is 0.733. The molecule has 2 aromatic heterocycles. The Morgan fingerprint density at radius 3 is 2.80 bits per heavy atom. The van der Waals surface area contributed by atoms with Crippen molar-refractivity contribution in [2.45, 2.75) is 25.9 Å². The predicted molar refractivity (Wildman–Crippen MR) is 101 cm³/mol. The fourth-order valence-electron chi connectivity index (χ4n) is 2.81. The Morgan fingerprint density at radius 2 is 2.08 bits per heavy atom. The van der Waals surface area contributed by atoms with Crippen LogP contribution in [0.25, 0.3) is 16.6 Å². The first-order valence-electron chi connectivity index (χ1n) is 8.28. The molecule has 1 aromatic carbocycles. The minimum atomic E-state index is -0.724. The molecule has 6 nitrogen and oxygen atoms in total. The summed E-state index contributed by atoms with van der Waals surface area (Å²) in [6, 6.07) is 9.24. The zero-order valence-corrected chi connectivity index (χ0v) is 15.5. The van der Waals surface area contributed by atoms with E-state index in [1.165, 1.54) is 0 Å². The molecule has 0 unspecified atom stereocenters. The Morgan fingerprint density at radius 1 is 1.32 bits per heavy atom. The van der Waals surface area contributed by atoms with Gasteiger partial charge < -0.3 is 9.67 Å². The van der Waals surface area contributed by atoms with Gasteiger partial charge in [-0.15, -0.1) is 0 Å². The summed E-state index contributed by atoms with van der Waals surface area (Å²) in [4.78, 5) is 16.9. The molecule has 0 saturated carbocycles. The van der Waals surface area contributed by atoms with Crippen molar-refractivity contribution < 1.29 is 5.11 Å². The Bertz CT molecular complexity index is 948. The van der Waals surface area contributed by atoms with Crippen LogP contribution in [0.3, 0.4) is 0 Å². The van der Waals surface area contributed by atoms with Crippen LogP contribution in [0.2, 0.25) is 0 Å². The van der Waals surface area contributed by atoms with Crippen LogP contribution in [0.15, 0.2) is 35.1 Å². The second-order valence-corrected chi connectivity index (χ2v) is 6.89. The Hall–Kier alpha value is -2.12. The molecule has 0 fully saturated rings. The SMILES string of the molecule is CC[C@@H](O)c1nc(CCSC)nn1-c1cc(=O)n(C)c2ccccc12. The first kappa shape index (κ1) is 17.7. The van der Waals surface area contributed by atoms with Crippen LogP contribution in [0.1, 0.15) is 31.1 Å². The lowest BCUT2D eigenvalue weighted by atomic mass is 10.1. The van der Waals surface area contributed by atoms with Crippen LogP contribution in [0.5, 0.6) is 0 Å². The maximum atomic E-state index is 12.4. The van der Waals surface area contributed by atoms with Gasteiger partial charge in [0.15, 0.2) is 11.6 Å². The average Bonchev–Trinajstić information content (AvgIpc) is 3.06. The maximum Gasteiger partial charge on any atom is 0.252 e. The molecule has 0 aliphatic rings. The summed E-state index contributed by atoms with van der Waals surface area (Å²) in [5.41, 5.74) is 1.36. The van der Waals surface area contributed by atoms with Crippen molar-refractivity contribution in [2.24, 2.45) is 7.05 Å². The van der Waals surface area contributed by atoms with Crippen molar-refractivity contribution in [1.82, 2.24) is 19.3 Å². The summed E-state index contributed by atoms with van der Waals surface area (Å²) in [6.07, 6.45) is 2.56. The van der Waals surface area contributed by atoms with E-state index < -0.39 is 6.10 Å². The normalized spacial score (nSPS) is 12.6. The second kappa shape index (κ2) is 7.41. The van der Waals surface area contributed by atoms with Gasteiger partial charge >= 0.3 is 0 Å². The number of pyridine rings is 1. The van der Waals surface area contributed by atoms with E-state index in [-0.39, 0.29) is 5.56 Å². The monoisotopic (exact) mass is 358 g/mol. The summed E-state index contributed by atoms with van der Waals surface area (Å²) in [5.74, 6) is 2.07. The highest BCUT2D eigenvalue weighted by Gasteiger charge is 2.20. The molecule has 1 atom stereocenters. The smallest absolute Gasteiger partial charge is 0.252 e. The molecule has 1 N–H and O–H groups in total. The van der Waals surface area contributed by atoms with Crippen molar-refractivity contribution in [3.8, 4) is 5.69 Å². The van der Waals surface area contributed by atoms with Crippen LogP contribution in [-0.2, 0) is 13.5 Å². The van der Waals surface area contributed by atoms with Crippen molar-refractivity contribution in [3.05, 3.63) is 52.3 Å². The topological polar surface area (TPSA) is 72.9 Å². The lowest BCUT2D eigenvalue weighted by molar-refractivity contribution is 0.161. The van der Waals surface area contributed by atoms with E-state index in [0.29, 0.717) is 23.8 Å². The van der Waals surface area contributed by atoms with Gasteiger partial charge in [-0.2, -0.15) is 16.9 Å². The molecule has 0 spiro atoms. The van der Waals surface area contributed by atoms with Gasteiger partial charge in [0.1, 0.15) is 6.10 Å². The van der Waals surface area contributed by atoms with Gasteiger partial charge in [-0.05, 0) is 18.7 Å². The fourth-order valence-corrected chi connectivity index (χ4v) is 3.20. The zero-order chi connectivity index (χ0) is 18.0. The number of aliphatic hydroxyl groups excluding tert-OH is 1. The fraction of sp³-hybridized carbons (Fsp3) is 0.389. The van der Waals surface area contributed by atoms with Gasteiger partial charge in [-0.25, -0.2) is 9.67 Å². The number of aliphatic hydroxyl groups is 1. The van der Waals surface area contributed by atoms with Crippen molar-refractivity contribution in [3.63, 3.8) is 0 Å². The highest BCUT2D eigenvalue weighted by atomic mass is 32.2. The number of aryl methyl sites for hydroxylation is 2. The highest BCUT2D eigenvalue weighted by Crippen LogP contribution is 2.24. The lowest BCUT2D eigenvalue weighted by Gasteiger charge is -2.13. The summed E-state index contributed by atoms with van der Waals surface area (Å²) in [6.45, 7) is 1.90. The zero-order valence-electron chi connectivity index (χ0n) is 14.6. The number of nitrogens with zero attached hydrogens (tertiary/aromatic N) is 4. The maximum absolute atomic E-state index is 12.4. The number of hydrogen-bond donors (Lipinski definition) is 1. The number of para-hydroxylation sites is 1. The predicted octanol–water partition coefficient (Wildman–Crippen LogP) is 2.47. The summed E-state index contributed by atoms with van der Waals surface area (Å²) >= 11 is 1.72. The van der Waals surface area contributed by atoms with E-state index in [0.717, 1.165) is 23.1 Å². The third kappa shape index (κ3) is 3.34. The summed E-state index contributed by atoms with van der Waals surface area (Å²) in [5, 5.41) is 15.9. The third-order valence-electron chi connectivity index (χ3n) is 4.25. The van der Waals surface area contributed by atoms with E-state index in [1.807, 2.05) is 37.4 Å². The van der Waals surface area contributed by atoms with E-state index in [9.17, 15) is 9.90 Å². The summed E-state index contributed by atoms with van der Waals surface area (Å²) < 4.78 is 3.24. The molecule has 0 saturated heterocycles. The molecule has 7 heteroatoms. The Labute approximate surface area is 150 Å². The standard InChI is InChI=1S/C18H22N4O2S/c1-4-15(23)18-19-16(9-10-25-3)20-22(18)14-11-17(24)21(2)13-8-6-5-7-12(13)14/h5-8,11,15,23H,4,9-10H2,1-3H3/t15-/m1/s1. The van der Waals surface area contributed by atoms with Crippen LogP contribution in [0, 0.1) is 0 Å². The van der Waals surface area contributed by atoms with Crippen molar-refractivity contribution in [1.29, 1.82) is 0 Å². The highest BCUT2D eigenvalue weighted by molar-refractivity contribution is 7.98. The summed E-state index contributed by atoms with van der Waals surface area (Å²) in [7, 11) is 1.75. The lowest BCUT2D eigenvalue weighted by Crippen LogP contribution is -2.19. The van der Waals surface area contributed by atoms with E-state index in [2.05, 4.69) is 10.1 Å². The third-order valence-corrected chi connectivity index (χ3v) is 4.86. The van der Waals surface area contributed by atoms with Crippen molar-refractivity contribution in [2.75, 3.05) is 12.0 Å². The molecule has 0 radical (unpaired) electrons. The van der Waals surface area contributed by atoms with Crippen LogP contribution < -0.4 is 5.56 Å². The Balaban J connectivity index is 2.25. The second-order valence-electron chi connectivity index (χ2n) is 5.91. The van der Waals surface area contributed by atoms with Crippen LogP contribution in [-0.4, -0.2) is 36.4 Å². The molecule has 0 aliphatic heterocycles. The molecule has 3 aromatic rings. The minimum Gasteiger partial charge on any atom is -0.385 e. The van der Waals surface area contributed by atoms with Gasteiger partial charge in [0.2, 0.25) is 0 Å². The number of fused-ring (bicyclic) bond motifs is 1. The van der Waals surface area contributed by atoms with E-state index >= 15 is 0 Å². The molecule has 0 amide bonds. The number of hydrogen-bond acceptors (Lipinski definition) is 5. The number of benzene rings is 1. The average molecular weight is 358 g/mol. The Kier molecular flexibility index (Phi) is 5.24. The molecule has 2 heterocycles. The number of thioether (sulfide) groups is 1. The molecular weight excluding hydrogens is 336 g/mol. The molecular formula is C18H22N4O2S. The van der Waals surface area contributed by atoms with Gasteiger partial charge in [0.25, 0.3) is 5.56 Å². The van der Waals surface area contributed by atoms with Crippen molar-refractivity contribution >= 4 is 22.7 Å². The van der Waals surface area contributed by atoms with Gasteiger partial charge in [0.05, 0.1) is 11.2 Å². The number of aromatic nitrogens is 4. The van der Waals surface area contributed by atoms with E-state index in [1.54, 1.807) is 34.1 Å². The van der Waals surface area contributed by atoms with Gasteiger partial charge in [-0.3, -0.25) is 4.79 Å². The van der Waals surface area contributed by atoms with E-state index in [4.69, 9.17) is 0 Å². The first-order valence-corrected chi connectivity index (χ1v) is 9.68. The first-order chi connectivity index (χ1) is 12.1. The number of rotatable bonds is 6. The molecule has 132 valence electrons. The van der Waals surface area contributed by atoms with Gasteiger partial charge in [-0.1, -0.05) is 25.1 Å². The molecule has 3 rings (SSSR count). The van der Waals surface area contributed by atoms with Crippen LogP contribution in [0.4, 0.5) is 0 Å². The molecule has 0 aliphatic carbocycles. The largest absolute Gasteiger partial charge is 0.385 e. The van der Waals surface area contributed by atoms with Crippen LogP contribution >= 0.6 is 11.8 Å².